The molecule has 0 radical (unpaired) electrons. The van der Waals surface area contributed by atoms with Gasteiger partial charge in [0.15, 0.2) is 0 Å². The number of methoxy groups -OCH3 is 1. The largest absolute Gasteiger partial charge is 0.497 e. The van der Waals surface area contributed by atoms with Gasteiger partial charge in [0.25, 0.3) is 5.91 Å². The number of aromatic nitrogens is 1. The van der Waals surface area contributed by atoms with Crippen LogP contribution in [-0.4, -0.2) is 58.1 Å². The van der Waals surface area contributed by atoms with Crippen molar-refractivity contribution in [2.45, 2.75) is 45.2 Å². The summed E-state index contributed by atoms with van der Waals surface area (Å²) in [6, 6.07) is 5.72. The van der Waals surface area contributed by atoms with Crippen LogP contribution in [0.3, 0.4) is 0 Å². The lowest BCUT2D eigenvalue weighted by Crippen LogP contribution is -2.52. The van der Waals surface area contributed by atoms with Gasteiger partial charge in [-0.15, -0.1) is 0 Å². The molecule has 0 bridgehead atoms. The molecule has 8 heteroatoms. The minimum absolute atomic E-state index is 0.155. The van der Waals surface area contributed by atoms with Crippen molar-refractivity contribution in [3.05, 3.63) is 30.0 Å². The van der Waals surface area contributed by atoms with Gasteiger partial charge in [-0.3, -0.25) is 9.59 Å². The van der Waals surface area contributed by atoms with E-state index in [4.69, 9.17) is 4.74 Å². The number of nitrogens with zero attached hydrogens (tertiary/aromatic N) is 2. The number of fused-ring (bicyclic) bond motifs is 1. The minimum atomic E-state index is -1.00. The average molecular weight is 415 g/mol. The SMILES string of the molecule is COc1ccc2c(c1)cc(C(=O)NC(CC(C)C)C(=O)N1CCCC1C(=O)O)n2C. The van der Waals surface area contributed by atoms with E-state index in [1.807, 2.05) is 32.0 Å². The van der Waals surface area contributed by atoms with E-state index in [9.17, 15) is 19.5 Å². The van der Waals surface area contributed by atoms with E-state index in [1.54, 1.807) is 24.8 Å². The molecular weight excluding hydrogens is 386 g/mol. The molecule has 2 heterocycles. The second kappa shape index (κ2) is 8.77. The van der Waals surface area contributed by atoms with E-state index in [0.717, 1.165) is 10.9 Å². The second-order valence-electron chi connectivity index (χ2n) is 8.20. The summed E-state index contributed by atoms with van der Waals surface area (Å²) in [5, 5.41) is 13.1. The molecular formula is C22H29N3O5. The Kier molecular flexibility index (Phi) is 6.34. The highest BCUT2D eigenvalue weighted by Gasteiger charge is 2.38. The van der Waals surface area contributed by atoms with Crippen LogP contribution in [-0.2, 0) is 16.6 Å². The number of carbonyl (C=O) groups is 3. The van der Waals surface area contributed by atoms with E-state index >= 15 is 0 Å². The first-order valence-corrected chi connectivity index (χ1v) is 10.2. The van der Waals surface area contributed by atoms with Crippen LogP contribution >= 0.6 is 0 Å². The van der Waals surface area contributed by atoms with Crippen molar-refractivity contribution in [1.29, 1.82) is 0 Å². The van der Waals surface area contributed by atoms with E-state index in [2.05, 4.69) is 5.32 Å². The molecule has 2 amide bonds. The molecule has 1 aromatic heterocycles. The van der Waals surface area contributed by atoms with Gasteiger partial charge < -0.3 is 24.6 Å². The molecule has 1 aliphatic heterocycles. The molecule has 2 atom stereocenters. The number of benzene rings is 1. The lowest BCUT2D eigenvalue weighted by Gasteiger charge is -2.28. The van der Waals surface area contributed by atoms with Crippen molar-refractivity contribution >= 4 is 28.7 Å². The van der Waals surface area contributed by atoms with E-state index in [-0.39, 0.29) is 17.7 Å². The number of ether oxygens (including phenoxy) is 1. The highest BCUT2D eigenvalue weighted by Crippen LogP contribution is 2.25. The molecule has 1 saturated heterocycles. The monoisotopic (exact) mass is 415 g/mol. The minimum Gasteiger partial charge on any atom is -0.497 e. The maximum atomic E-state index is 13.1. The van der Waals surface area contributed by atoms with Crippen LogP contribution in [0.4, 0.5) is 0 Å². The van der Waals surface area contributed by atoms with Crippen molar-refractivity contribution in [1.82, 2.24) is 14.8 Å². The first kappa shape index (κ1) is 21.7. The Bertz CT molecular complexity index is 965. The molecule has 0 spiro atoms. The molecule has 2 unspecified atom stereocenters. The predicted molar refractivity (Wildman–Crippen MR) is 113 cm³/mol. The highest BCUT2D eigenvalue weighted by atomic mass is 16.5. The summed E-state index contributed by atoms with van der Waals surface area (Å²) in [6.45, 7) is 4.33. The molecule has 1 aromatic carbocycles. The Morgan fingerprint density at radius 3 is 2.63 bits per heavy atom. The summed E-state index contributed by atoms with van der Waals surface area (Å²) in [6.07, 6.45) is 1.52. The van der Waals surface area contributed by atoms with Crippen LogP contribution in [0.1, 0.15) is 43.6 Å². The number of amides is 2. The number of hydrogen-bond acceptors (Lipinski definition) is 4. The van der Waals surface area contributed by atoms with Gasteiger partial charge in [0.2, 0.25) is 5.91 Å². The van der Waals surface area contributed by atoms with Gasteiger partial charge in [-0.2, -0.15) is 0 Å². The molecule has 1 aliphatic rings. The van der Waals surface area contributed by atoms with E-state index in [1.165, 1.54) is 4.90 Å². The third-order valence-corrected chi connectivity index (χ3v) is 5.61. The number of hydrogen-bond donors (Lipinski definition) is 2. The number of nitrogens with one attached hydrogen (secondary N) is 1. The van der Waals surface area contributed by atoms with Crippen LogP contribution in [0.25, 0.3) is 10.9 Å². The fraction of sp³-hybridized carbons (Fsp3) is 0.500. The van der Waals surface area contributed by atoms with Crippen LogP contribution in [0.2, 0.25) is 0 Å². The number of carboxylic acids is 1. The quantitative estimate of drug-likeness (QED) is 0.723. The Morgan fingerprint density at radius 2 is 2.00 bits per heavy atom. The fourth-order valence-corrected chi connectivity index (χ4v) is 4.08. The number of aryl methyl sites for hydroxylation is 1. The lowest BCUT2D eigenvalue weighted by molar-refractivity contribution is -0.149. The number of carbonyl (C=O) groups excluding carboxylic acids is 2. The number of carboxylic acid groups (broad SMARTS) is 1. The molecule has 0 saturated carbocycles. The molecule has 30 heavy (non-hydrogen) atoms. The Labute approximate surface area is 175 Å². The maximum absolute atomic E-state index is 13.1. The number of rotatable bonds is 7. The number of aliphatic carboxylic acids is 1. The summed E-state index contributed by atoms with van der Waals surface area (Å²) in [7, 11) is 3.38. The molecule has 8 nitrogen and oxygen atoms in total. The van der Waals surface area contributed by atoms with Gasteiger partial charge in [-0.05, 0) is 49.4 Å². The molecule has 1 fully saturated rings. The Hall–Kier alpha value is -3.03. The summed E-state index contributed by atoms with van der Waals surface area (Å²) in [5.41, 5.74) is 1.30. The average Bonchev–Trinajstić information content (AvgIpc) is 3.31. The summed E-state index contributed by atoms with van der Waals surface area (Å²) in [5.74, 6) is -0.846. The van der Waals surface area contributed by atoms with Crippen molar-refractivity contribution < 1.29 is 24.2 Å². The molecule has 2 N–H and O–H groups in total. The van der Waals surface area contributed by atoms with Gasteiger partial charge in [-0.25, -0.2) is 4.79 Å². The standard InChI is InChI=1S/C22H29N3O5/c1-13(2)10-16(21(27)25-9-5-6-18(25)22(28)29)23-20(26)19-12-14-11-15(30-4)7-8-17(14)24(19)3/h7-8,11-13,16,18H,5-6,9-10H2,1-4H3,(H,23,26)(H,28,29). The highest BCUT2D eigenvalue weighted by molar-refractivity contribution is 6.01. The van der Waals surface area contributed by atoms with Crippen molar-refractivity contribution in [2.75, 3.05) is 13.7 Å². The van der Waals surface area contributed by atoms with Gasteiger partial charge in [0.05, 0.1) is 7.11 Å². The Morgan fingerprint density at radius 1 is 1.27 bits per heavy atom. The van der Waals surface area contributed by atoms with Gasteiger partial charge >= 0.3 is 5.97 Å². The molecule has 0 aliphatic carbocycles. The third-order valence-electron chi connectivity index (χ3n) is 5.61. The van der Waals surface area contributed by atoms with Crippen LogP contribution < -0.4 is 10.1 Å². The van der Waals surface area contributed by atoms with Crippen LogP contribution in [0.5, 0.6) is 5.75 Å². The summed E-state index contributed by atoms with van der Waals surface area (Å²) < 4.78 is 7.02. The smallest absolute Gasteiger partial charge is 0.326 e. The van der Waals surface area contributed by atoms with Gasteiger partial charge in [0, 0.05) is 24.5 Å². The van der Waals surface area contributed by atoms with Crippen molar-refractivity contribution in [3.63, 3.8) is 0 Å². The summed E-state index contributed by atoms with van der Waals surface area (Å²) in [4.78, 5) is 39.1. The molecule has 162 valence electrons. The fourth-order valence-electron chi connectivity index (χ4n) is 4.08. The van der Waals surface area contributed by atoms with Gasteiger partial charge in [-0.1, -0.05) is 13.8 Å². The van der Waals surface area contributed by atoms with Crippen LogP contribution in [0, 0.1) is 5.92 Å². The predicted octanol–water partition coefficient (Wildman–Crippen LogP) is 2.41. The zero-order chi connectivity index (χ0) is 22.0. The zero-order valence-corrected chi connectivity index (χ0v) is 17.8. The lowest BCUT2D eigenvalue weighted by atomic mass is 10.0. The van der Waals surface area contributed by atoms with Gasteiger partial charge in [0.1, 0.15) is 23.5 Å². The normalized spacial score (nSPS) is 17.4. The number of likely N-dealkylation sites (tertiary alicyclic amines) is 1. The van der Waals surface area contributed by atoms with Crippen molar-refractivity contribution in [2.24, 2.45) is 13.0 Å². The van der Waals surface area contributed by atoms with E-state index < -0.39 is 18.1 Å². The topological polar surface area (TPSA) is 101 Å². The second-order valence-corrected chi connectivity index (χ2v) is 8.20. The van der Waals surface area contributed by atoms with Crippen molar-refractivity contribution in [3.8, 4) is 5.75 Å². The first-order valence-electron chi connectivity index (χ1n) is 10.2. The Balaban J connectivity index is 1.85. The maximum Gasteiger partial charge on any atom is 0.326 e. The van der Waals surface area contributed by atoms with Crippen LogP contribution in [0.15, 0.2) is 24.3 Å². The zero-order valence-electron chi connectivity index (χ0n) is 17.8. The molecule has 2 aromatic rings. The third kappa shape index (κ3) is 4.27. The summed E-state index contributed by atoms with van der Waals surface area (Å²) >= 11 is 0. The molecule has 3 rings (SSSR count). The van der Waals surface area contributed by atoms with E-state index in [0.29, 0.717) is 37.3 Å². The first-order chi connectivity index (χ1) is 14.2.